The van der Waals surface area contributed by atoms with Crippen molar-refractivity contribution in [2.45, 2.75) is 58.6 Å². The van der Waals surface area contributed by atoms with Crippen LogP contribution in [0.5, 0.6) is 0 Å². The average Bonchev–Trinajstić information content (AvgIpc) is 2.82. The Bertz CT molecular complexity index is 701. The largest absolute Gasteiger partial charge is 0.444 e. The maximum atomic E-state index is 12.7. The smallest absolute Gasteiger partial charge is 0.410 e. The number of rotatable bonds is 3. The minimum atomic E-state index is -0.469. The first kappa shape index (κ1) is 23.5. The molecule has 2 saturated heterocycles. The molecular formula is C22H34BrIN2O3. The van der Waals surface area contributed by atoms with Crippen LogP contribution < -0.4 is 0 Å². The molecule has 5 nitrogen and oxygen atoms in total. The molecule has 29 heavy (non-hydrogen) atoms. The second kappa shape index (κ2) is 9.57. The molecule has 3 rings (SSSR count). The van der Waals surface area contributed by atoms with Crippen LogP contribution in [0.3, 0.4) is 0 Å². The van der Waals surface area contributed by atoms with Crippen molar-refractivity contribution in [2.75, 3.05) is 39.9 Å². The fraction of sp³-hybridized carbons (Fsp3) is 0.773. The summed E-state index contributed by atoms with van der Waals surface area (Å²) in [5, 5.41) is 0. The van der Waals surface area contributed by atoms with E-state index in [1.54, 1.807) is 7.11 Å². The minimum absolute atomic E-state index is 0.200. The van der Waals surface area contributed by atoms with Gasteiger partial charge in [0.15, 0.2) is 0 Å². The third-order valence-corrected chi connectivity index (χ3v) is 8.37. The van der Waals surface area contributed by atoms with Crippen molar-refractivity contribution in [1.82, 2.24) is 9.80 Å². The van der Waals surface area contributed by atoms with Gasteiger partial charge >= 0.3 is 6.09 Å². The summed E-state index contributed by atoms with van der Waals surface area (Å²) in [5.74, 6) is 0.833. The molecule has 1 aliphatic carbocycles. The second-order valence-electron chi connectivity index (χ2n) is 9.39. The van der Waals surface area contributed by atoms with E-state index in [0.29, 0.717) is 31.0 Å². The molecule has 0 spiro atoms. The average molecular weight is 581 g/mol. The zero-order valence-electron chi connectivity index (χ0n) is 18.3. The standard InChI is InChI=1S/C22H34BrIN2O3/c1-14-13-26(21(27)29-22(2,3)4)10-8-15-17(14)19(24)16-7-6-9-25(11-12-28-5)20(16)18(15)23/h14,16,20H,6-13H2,1-5H3. The summed E-state index contributed by atoms with van der Waals surface area (Å²) in [5.41, 5.74) is 2.39. The number of carbonyl (C=O) groups excluding carboxylic acids is 1. The third kappa shape index (κ3) is 5.21. The number of hydrogen-bond donors (Lipinski definition) is 0. The van der Waals surface area contributed by atoms with Gasteiger partial charge in [-0.15, -0.1) is 0 Å². The lowest BCUT2D eigenvalue weighted by atomic mass is 9.77. The van der Waals surface area contributed by atoms with Gasteiger partial charge in [0.05, 0.1) is 6.61 Å². The van der Waals surface area contributed by atoms with Gasteiger partial charge in [-0.25, -0.2) is 4.79 Å². The number of amides is 1. The quantitative estimate of drug-likeness (QED) is 0.423. The summed E-state index contributed by atoms with van der Waals surface area (Å²) in [7, 11) is 1.77. The van der Waals surface area contributed by atoms with Gasteiger partial charge in [-0.2, -0.15) is 0 Å². The molecular weight excluding hydrogens is 547 g/mol. The fourth-order valence-electron chi connectivity index (χ4n) is 4.82. The SMILES string of the molecule is COCCN1CCCC2C(I)=C3C(=C(Br)C21)CCN(C(=O)OC(C)(C)C)CC3C. The number of carbonyl (C=O) groups is 1. The molecule has 0 N–H and O–H groups in total. The molecule has 0 radical (unpaired) electrons. The Morgan fingerprint density at radius 3 is 2.69 bits per heavy atom. The van der Waals surface area contributed by atoms with Gasteiger partial charge < -0.3 is 14.4 Å². The summed E-state index contributed by atoms with van der Waals surface area (Å²) in [6.45, 7) is 12.3. The molecule has 3 aliphatic rings. The summed E-state index contributed by atoms with van der Waals surface area (Å²) in [6.07, 6.45) is 3.11. The van der Waals surface area contributed by atoms with E-state index in [4.69, 9.17) is 9.47 Å². The Morgan fingerprint density at radius 2 is 2.03 bits per heavy atom. The lowest BCUT2D eigenvalue weighted by Gasteiger charge is -2.45. The highest BCUT2D eigenvalue weighted by molar-refractivity contribution is 14.1. The Balaban J connectivity index is 1.89. The van der Waals surface area contributed by atoms with Crippen LogP contribution in [0, 0.1) is 11.8 Å². The van der Waals surface area contributed by atoms with Gasteiger partial charge in [-0.05, 0) is 89.8 Å². The molecule has 0 saturated carbocycles. The molecule has 3 unspecified atom stereocenters. The fourth-order valence-corrected chi connectivity index (χ4v) is 7.35. The normalized spacial score (nSPS) is 28.8. The van der Waals surface area contributed by atoms with E-state index >= 15 is 0 Å². The first-order chi connectivity index (χ1) is 13.6. The Labute approximate surface area is 197 Å². The van der Waals surface area contributed by atoms with Crippen LogP contribution in [0.15, 0.2) is 19.2 Å². The van der Waals surface area contributed by atoms with E-state index in [1.807, 2.05) is 25.7 Å². The highest BCUT2D eigenvalue weighted by atomic mass is 127. The Hall–Kier alpha value is -0.120. The van der Waals surface area contributed by atoms with Crippen molar-refractivity contribution in [3.63, 3.8) is 0 Å². The molecule has 2 heterocycles. The van der Waals surface area contributed by atoms with Crippen LogP contribution >= 0.6 is 38.5 Å². The van der Waals surface area contributed by atoms with Crippen molar-refractivity contribution >= 4 is 44.6 Å². The van der Waals surface area contributed by atoms with Crippen molar-refractivity contribution in [3.05, 3.63) is 19.2 Å². The van der Waals surface area contributed by atoms with Gasteiger partial charge in [0.2, 0.25) is 0 Å². The molecule has 1 amide bonds. The van der Waals surface area contributed by atoms with E-state index in [-0.39, 0.29) is 6.09 Å². The number of fused-ring (bicyclic) bond motifs is 2. The summed E-state index contributed by atoms with van der Waals surface area (Å²) < 4.78 is 13.8. The van der Waals surface area contributed by atoms with Crippen molar-refractivity contribution in [1.29, 1.82) is 0 Å². The van der Waals surface area contributed by atoms with Crippen LogP contribution in [0.4, 0.5) is 4.79 Å². The molecule has 7 heteroatoms. The van der Waals surface area contributed by atoms with Crippen LogP contribution in [-0.2, 0) is 9.47 Å². The monoisotopic (exact) mass is 580 g/mol. The molecule has 164 valence electrons. The van der Waals surface area contributed by atoms with Gasteiger partial charge in [0.1, 0.15) is 5.60 Å². The van der Waals surface area contributed by atoms with Crippen LogP contribution in [-0.4, -0.2) is 67.4 Å². The number of halogens is 2. The summed E-state index contributed by atoms with van der Waals surface area (Å²) >= 11 is 6.62. The predicted molar refractivity (Wildman–Crippen MR) is 129 cm³/mol. The lowest BCUT2D eigenvalue weighted by molar-refractivity contribution is 0.0243. The number of nitrogens with zero attached hydrogens (tertiary/aromatic N) is 2. The van der Waals surface area contributed by atoms with Crippen molar-refractivity contribution < 1.29 is 14.3 Å². The lowest BCUT2D eigenvalue weighted by Crippen LogP contribution is -2.48. The van der Waals surface area contributed by atoms with Gasteiger partial charge in [0, 0.05) is 43.2 Å². The molecule has 2 fully saturated rings. The highest BCUT2D eigenvalue weighted by Gasteiger charge is 2.43. The van der Waals surface area contributed by atoms with E-state index in [0.717, 1.165) is 26.1 Å². The topological polar surface area (TPSA) is 42.0 Å². The first-order valence-corrected chi connectivity index (χ1v) is 12.5. The Kier molecular flexibility index (Phi) is 7.77. The molecule has 3 atom stereocenters. The zero-order valence-corrected chi connectivity index (χ0v) is 22.0. The van der Waals surface area contributed by atoms with Crippen molar-refractivity contribution in [2.24, 2.45) is 11.8 Å². The van der Waals surface area contributed by atoms with Crippen molar-refractivity contribution in [3.8, 4) is 0 Å². The highest BCUT2D eigenvalue weighted by Crippen LogP contribution is 2.50. The van der Waals surface area contributed by atoms with Gasteiger partial charge in [-0.1, -0.05) is 22.9 Å². The van der Waals surface area contributed by atoms with Crippen LogP contribution in [0.1, 0.15) is 47.0 Å². The maximum Gasteiger partial charge on any atom is 0.410 e. The molecule has 0 aromatic heterocycles. The van der Waals surface area contributed by atoms with Crippen LogP contribution in [0.25, 0.3) is 0 Å². The number of methoxy groups -OCH3 is 1. The van der Waals surface area contributed by atoms with E-state index < -0.39 is 5.60 Å². The summed E-state index contributed by atoms with van der Waals surface area (Å²) in [6, 6.07) is 0.393. The van der Waals surface area contributed by atoms with E-state index in [9.17, 15) is 4.79 Å². The van der Waals surface area contributed by atoms with Gasteiger partial charge in [-0.3, -0.25) is 4.90 Å². The summed E-state index contributed by atoms with van der Waals surface area (Å²) in [4.78, 5) is 17.2. The number of hydrogen-bond acceptors (Lipinski definition) is 4. The number of piperidine rings is 1. The first-order valence-electron chi connectivity index (χ1n) is 10.6. The third-order valence-electron chi connectivity index (χ3n) is 6.04. The number of likely N-dealkylation sites (tertiary alicyclic amines) is 2. The zero-order chi connectivity index (χ0) is 21.3. The number of ether oxygens (including phenoxy) is 2. The van der Waals surface area contributed by atoms with E-state index in [1.165, 1.54) is 32.1 Å². The minimum Gasteiger partial charge on any atom is -0.444 e. The molecule has 2 aliphatic heterocycles. The second-order valence-corrected chi connectivity index (χ2v) is 11.4. The van der Waals surface area contributed by atoms with Gasteiger partial charge in [0.25, 0.3) is 0 Å². The predicted octanol–water partition coefficient (Wildman–Crippen LogP) is 5.34. The molecule has 0 bridgehead atoms. The van der Waals surface area contributed by atoms with Crippen LogP contribution in [0.2, 0.25) is 0 Å². The van der Waals surface area contributed by atoms with E-state index in [2.05, 4.69) is 50.3 Å². The molecule has 0 aromatic rings. The molecule has 0 aromatic carbocycles. The maximum absolute atomic E-state index is 12.7. The Morgan fingerprint density at radius 1 is 1.31 bits per heavy atom.